The van der Waals surface area contributed by atoms with Crippen molar-refractivity contribution >= 4 is 11.7 Å². The maximum atomic E-state index is 12.1. The maximum absolute atomic E-state index is 12.1. The van der Waals surface area contributed by atoms with Gasteiger partial charge in [-0.25, -0.2) is 0 Å². The van der Waals surface area contributed by atoms with Crippen molar-refractivity contribution < 1.29 is 4.79 Å². The minimum Gasteiger partial charge on any atom is -0.310 e. The van der Waals surface area contributed by atoms with Crippen LogP contribution in [-0.2, 0) is 11.8 Å². The number of likely N-dealkylation sites (tertiary alicyclic amines) is 1. The average Bonchev–Trinajstić information content (AvgIpc) is 2.55. The van der Waals surface area contributed by atoms with Crippen LogP contribution in [0, 0.1) is 18.8 Å². The lowest BCUT2D eigenvalue weighted by Crippen LogP contribution is -2.43. The lowest BCUT2D eigenvalue weighted by atomic mass is 9.92. The smallest absolute Gasteiger partial charge is 0.239 e. The number of aryl methyl sites for hydroxylation is 2. The van der Waals surface area contributed by atoms with Crippen LogP contribution in [0.25, 0.3) is 0 Å². The van der Waals surface area contributed by atoms with Gasteiger partial charge in [-0.3, -0.25) is 14.4 Å². The lowest BCUT2D eigenvalue weighted by molar-refractivity contribution is -0.117. The normalized spacial score (nSPS) is 24.4. The summed E-state index contributed by atoms with van der Waals surface area (Å²) in [5, 5.41) is 7.15. The van der Waals surface area contributed by atoms with Gasteiger partial charge in [-0.1, -0.05) is 13.8 Å². The molecule has 0 saturated carbocycles. The number of nitrogens with one attached hydrogen (secondary N) is 1. The summed E-state index contributed by atoms with van der Waals surface area (Å²) in [5.41, 5.74) is 0.915. The highest BCUT2D eigenvalue weighted by molar-refractivity contribution is 5.91. The van der Waals surface area contributed by atoms with Crippen LogP contribution in [0.2, 0.25) is 0 Å². The van der Waals surface area contributed by atoms with Crippen molar-refractivity contribution in [2.24, 2.45) is 18.9 Å². The van der Waals surface area contributed by atoms with Gasteiger partial charge in [0.05, 0.1) is 12.2 Å². The van der Waals surface area contributed by atoms with E-state index in [1.165, 1.54) is 6.42 Å². The van der Waals surface area contributed by atoms with E-state index in [0.717, 1.165) is 24.6 Å². The number of carbonyl (C=O) groups is 1. The summed E-state index contributed by atoms with van der Waals surface area (Å²) in [6.07, 6.45) is 1.26. The molecule has 1 aromatic rings. The van der Waals surface area contributed by atoms with Gasteiger partial charge >= 0.3 is 0 Å². The molecule has 1 saturated heterocycles. The van der Waals surface area contributed by atoms with Crippen molar-refractivity contribution in [3.63, 3.8) is 0 Å². The third-order valence-electron chi connectivity index (χ3n) is 3.58. The molecule has 1 aliphatic rings. The summed E-state index contributed by atoms with van der Waals surface area (Å²) < 4.78 is 1.70. The first-order valence-electron chi connectivity index (χ1n) is 6.97. The molecule has 19 heavy (non-hydrogen) atoms. The summed E-state index contributed by atoms with van der Waals surface area (Å²) >= 11 is 0. The van der Waals surface area contributed by atoms with E-state index in [1.54, 1.807) is 4.68 Å². The fourth-order valence-corrected chi connectivity index (χ4v) is 3.03. The first kappa shape index (κ1) is 14.1. The van der Waals surface area contributed by atoms with Gasteiger partial charge in [0.2, 0.25) is 5.91 Å². The molecule has 1 fully saturated rings. The highest BCUT2D eigenvalue weighted by Gasteiger charge is 2.23. The molecule has 0 spiro atoms. The standard InChI is InChI=1S/C14H24N4O/c1-10-5-11(2)8-18(7-10)9-14(19)15-13-6-12(3)16-17(13)4/h6,10-11H,5,7-9H2,1-4H3,(H,15,19). The Bertz CT molecular complexity index is 444. The molecule has 0 bridgehead atoms. The van der Waals surface area contributed by atoms with E-state index in [4.69, 9.17) is 0 Å². The molecule has 2 atom stereocenters. The molecule has 2 rings (SSSR count). The predicted octanol–water partition coefficient (Wildman–Crippen LogP) is 1.64. The molecule has 1 aliphatic heterocycles. The molecule has 2 heterocycles. The van der Waals surface area contributed by atoms with E-state index in [0.29, 0.717) is 18.4 Å². The number of amides is 1. The lowest BCUT2D eigenvalue weighted by Gasteiger charge is -2.34. The Labute approximate surface area is 115 Å². The Morgan fingerprint density at radius 1 is 1.42 bits per heavy atom. The topological polar surface area (TPSA) is 50.2 Å². The Morgan fingerprint density at radius 2 is 2.05 bits per heavy atom. The minimum absolute atomic E-state index is 0.0456. The van der Waals surface area contributed by atoms with Crippen molar-refractivity contribution in [2.75, 3.05) is 25.0 Å². The first-order valence-corrected chi connectivity index (χ1v) is 6.97. The SMILES string of the molecule is Cc1cc(NC(=O)CN2CC(C)CC(C)C2)n(C)n1. The highest BCUT2D eigenvalue weighted by atomic mass is 16.2. The zero-order valence-corrected chi connectivity index (χ0v) is 12.3. The molecule has 2 unspecified atom stereocenters. The van der Waals surface area contributed by atoms with Crippen LogP contribution in [0.5, 0.6) is 0 Å². The van der Waals surface area contributed by atoms with Gasteiger partial charge in [-0.2, -0.15) is 5.10 Å². The number of piperidine rings is 1. The zero-order chi connectivity index (χ0) is 14.0. The van der Waals surface area contributed by atoms with E-state index in [1.807, 2.05) is 20.0 Å². The van der Waals surface area contributed by atoms with Crippen molar-refractivity contribution in [3.8, 4) is 0 Å². The number of hydrogen-bond donors (Lipinski definition) is 1. The van der Waals surface area contributed by atoms with Crippen LogP contribution in [0.3, 0.4) is 0 Å². The number of nitrogens with zero attached hydrogens (tertiary/aromatic N) is 3. The third kappa shape index (κ3) is 3.80. The van der Waals surface area contributed by atoms with Crippen molar-refractivity contribution in [2.45, 2.75) is 27.2 Å². The summed E-state index contributed by atoms with van der Waals surface area (Å²) in [6, 6.07) is 1.89. The molecule has 1 aromatic heterocycles. The Balaban J connectivity index is 1.89. The Morgan fingerprint density at radius 3 is 2.58 bits per heavy atom. The zero-order valence-electron chi connectivity index (χ0n) is 12.3. The number of aromatic nitrogens is 2. The molecule has 1 N–H and O–H groups in total. The second kappa shape index (κ2) is 5.74. The highest BCUT2D eigenvalue weighted by Crippen LogP contribution is 2.20. The maximum Gasteiger partial charge on any atom is 0.239 e. The van der Waals surface area contributed by atoms with Gasteiger partial charge in [-0.15, -0.1) is 0 Å². The molecule has 0 radical (unpaired) electrons. The molecule has 0 aromatic carbocycles. The minimum atomic E-state index is 0.0456. The molecular weight excluding hydrogens is 240 g/mol. The largest absolute Gasteiger partial charge is 0.310 e. The fraction of sp³-hybridized carbons (Fsp3) is 0.714. The summed E-state index contributed by atoms with van der Waals surface area (Å²) in [4.78, 5) is 14.3. The Hall–Kier alpha value is -1.36. The van der Waals surface area contributed by atoms with E-state index >= 15 is 0 Å². The van der Waals surface area contributed by atoms with Crippen LogP contribution < -0.4 is 5.32 Å². The number of rotatable bonds is 3. The van der Waals surface area contributed by atoms with Crippen LogP contribution in [0.4, 0.5) is 5.82 Å². The monoisotopic (exact) mass is 264 g/mol. The van der Waals surface area contributed by atoms with E-state index in [2.05, 4.69) is 29.2 Å². The van der Waals surface area contributed by atoms with Crippen LogP contribution in [0.15, 0.2) is 6.07 Å². The average molecular weight is 264 g/mol. The fourth-order valence-electron chi connectivity index (χ4n) is 3.03. The van der Waals surface area contributed by atoms with Gasteiger partial charge in [0, 0.05) is 26.2 Å². The number of hydrogen-bond acceptors (Lipinski definition) is 3. The quantitative estimate of drug-likeness (QED) is 0.903. The van der Waals surface area contributed by atoms with Gasteiger partial charge < -0.3 is 5.32 Å². The number of carbonyl (C=O) groups excluding carboxylic acids is 1. The van der Waals surface area contributed by atoms with Gasteiger partial charge in [0.1, 0.15) is 5.82 Å². The van der Waals surface area contributed by atoms with E-state index in [9.17, 15) is 4.79 Å². The predicted molar refractivity (Wildman–Crippen MR) is 76.0 cm³/mol. The molecule has 0 aliphatic carbocycles. The Kier molecular flexibility index (Phi) is 4.24. The molecule has 1 amide bonds. The molecular formula is C14H24N4O. The van der Waals surface area contributed by atoms with Crippen molar-refractivity contribution in [3.05, 3.63) is 11.8 Å². The van der Waals surface area contributed by atoms with Crippen LogP contribution in [0.1, 0.15) is 26.0 Å². The van der Waals surface area contributed by atoms with Gasteiger partial charge in [0.15, 0.2) is 0 Å². The summed E-state index contributed by atoms with van der Waals surface area (Å²) in [7, 11) is 1.84. The number of anilines is 1. The van der Waals surface area contributed by atoms with Gasteiger partial charge in [0.25, 0.3) is 0 Å². The van der Waals surface area contributed by atoms with E-state index < -0.39 is 0 Å². The van der Waals surface area contributed by atoms with Crippen molar-refractivity contribution in [1.82, 2.24) is 14.7 Å². The molecule has 106 valence electrons. The van der Waals surface area contributed by atoms with Crippen molar-refractivity contribution in [1.29, 1.82) is 0 Å². The summed E-state index contributed by atoms with van der Waals surface area (Å²) in [6.45, 7) is 8.93. The first-order chi connectivity index (χ1) is 8.94. The third-order valence-corrected chi connectivity index (χ3v) is 3.58. The van der Waals surface area contributed by atoms with E-state index in [-0.39, 0.29) is 5.91 Å². The van der Waals surface area contributed by atoms with Crippen LogP contribution in [-0.4, -0.2) is 40.2 Å². The van der Waals surface area contributed by atoms with Gasteiger partial charge in [-0.05, 0) is 25.2 Å². The molecule has 5 heteroatoms. The second-order valence-corrected chi connectivity index (χ2v) is 5.98. The van der Waals surface area contributed by atoms with Crippen LogP contribution >= 0.6 is 0 Å². The second-order valence-electron chi connectivity index (χ2n) is 5.98. The molecule has 5 nitrogen and oxygen atoms in total. The summed E-state index contributed by atoms with van der Waals surface area (Å²) in [5.74, 6) is 2.16.